The lowest BCUT2D eigenvalue weighted by atomic mass is 9.86. The predicted molar refractivity (Wildman–Crippen MR) is 118 cm³/mol. The summed E-state index contributed by atoms with van der Waals surface area (Å²) in [6, 6.07) is 4.01. The van der Waals surface area contributed by atoms with E-state index in [1.807, 2.05) is 27.7 Å². The Labute approximate surface area is 191 Å². The van der Waals surface area contributed by atoms with E-state index in [-0.39, 0.29) is 33.1 Å². The Morgan fingerprint density at radius 1 is 1.16 bits per heavy atom. The maximum atomic E-state index is 14.2. The minimum Gasteiger partial charge on any atom is -0.439 e. The Kier molecular flexibility index (Phi) is 8.52. The fraction of sp³-hybridized carbons (Fsp3) is 0.500. The van der Waals surface area contributed by atoms with Crippen molar-refractivity contribution in [2.75, 3.05) is 0 Å². The summed E-state index contributed by atoms with van der Waals surface area (Å²) in [6.45, 7) is 7.38. The first kappa shape index (κ1) is 26.3. The molecule has 0 radical (unpaired) electrons. The summed E-state index contributed by atoms with van der Waals surface area (Å²) in [7, 11) is -2.28. The van der Waals surface area contributed by atoms with Crippen molar-refractivity contribution in [2.24, 2.45) is 4.36 Å². The lowest BCUT2D eigenvalue weighted by Gasteiger charge is -2.21. The van der Waals surface area contributed by atoms with Gasteiger partial charge in [0.2, 0.25) is 5.91 Å². The number of aliphatic hydroxyl groups is 1. The van der Waals surface area contributed by atoms with Crippen LogP contribution in [0.2, 0.25) is 0 Å². The number of halogens is 3. The van der Waals surface area contributed by atoms with Gasteiger partial charge in [0, 0.05) is 4.88 Å². The van der Waals surface area contributed by atoms with Gasteiger partial charge in [-0.2, -0.15) is 20.1 Å². The normalized spacial score (nSPS) is 13.4. The molecule has 0 saturated carbocycles. The molecule has 32 heavy (non-hydrogen) atoms. The first-order valence-electron chi connectivity index (χ1n) is 10.0. The summed E-state index contributed by atoms with van der Waals surface area (Å²) in [4.78, 5) is 12.9. The standard InChI is InChI=1S/C22H27F3NO4S2/c1-11(2)14-7-13(30-21(24)25)8-15(12(3)4)16(14)9-19(27)26-32(29)20-17(23)10-18(31-20)22(5,6)28/h7-8,10-12,21,28H,9H2,1-6H3/q-1. The minimum absolute atomic E-state index is 0.00363. The SMILES string of the molecule is CC(C)c1cc(OC(F)F)cc(C(C)C)c1CC(=O)N=[S-](=O)c1sc(C(C)(C)O)cc1F. The van der Waals surface area contributed by atoms with Gasteiger partial charge < -0.3 is 18.4 Å². The highest BCUT2D eigenvalue weighted by Gasteiger charge is 2.21. The van der Waals surface area contributed by atoms with E-state index in [1.165, 1.54) is 26.0 Å². The van der Waals surface area contributed by atoms with E-state index in [9.17, 15) is 27.3 Å². The molecule has 0 saturated heterocycles. The molecule has 5 nitrogen and oxygen atoms in total. The zero-order valence-electron chi connectivity index (χ0n) is 18.7. The van der Waals surface area contributed by atoms with Gasteiger partial charge in [0.05, 0.1) is 12.0 Å². The van der Waals surface area contributed by atoms with Crippen LogP contribution in [0.4, 0.5) is 13.2 Å². The highest BCUT2D eigenvalue weighted by Crippen LogP contribution is 2.34. The molecule has 0 bridgehead atoms. The quantitative estimate of drug-likeness (QED) is 0.445. The van der Waals surface area contributed by atoms with E-state index in [0.717, 1.165) is 17.4 Å². The zero-order chi connectivity index (χ0) is 24.4. The lowest BCUT2D eigenvalue weighted by molar-refractivity contribution is -0.117. The van der Waals surface area contributed by atoms with Gasteiger partial charge in [-0.15, -0.1) is 10.6 Å². The van der Waals surface area contributed by atoms with Crippen LogP contribution in [-0.4, -0.2) is 17.6 Å². The summed E-state index contributed by atoms with van der Waals surface area (Å²) in [5.41, 5.74) is 0.574. The number of hydrogen-bond donors (Lipinski definition) is 1. The number of carbonyl (C=O) groups excluding carboxylic acids is 1. The number of amides is 1. The summed E-state index contributed by atoms with van der Waals surface area (Å²) >= 11 is 0.788. The summed E-state index contributed by atoms with van der Waals surface area (Å²) in [5, 5.41) is 10.0. The first-order valence-corrected chi connectivity index (χ1v) is 11.9. The average Bonchev–Trinajstić information content (AvgIpc) is 3.04. The number of benzene rings is 1. The van der Waals surface area contributed by atoms with E-state index >= 15 is 0 Å². The van der Waals surface area contributed by atoms with Gasteiger partial charge in [-0.3, -0.25) is 4.79 Å². The van der Waals surface area contributed by atoms with Crippen molar-refractivity contribution < 1.29 is 32.0 Å². The van der Waals surface area contributed by atoms with Crippen molar-refractivity contribution in [3.05, 3.63) is 45.6 Å². The predicted octanol–water partition coefficient (Wildman–Crippen LogP) is 6.24. The fourth-order valence-corrected chi connectivity index (χ4v) is 5.18. The molecule has 2 rings (SSSR count). The molecule has 1 N–H and O–H groups in total. The van der Waals surface area contributed by atoms with Gasteiger partial charge in [-0.25, -0.2) is 4.39 Å². The van der Waals surface area contributed by atoms with E-state index in [2.05, 4.69) is 9.10 Å². The summed E-state index contributed by atoms with van der Waals surface area (Å²) < 4.78 is 60.2. The van der Waals surface area contributed by atoms with Crippen LogP contribution in [-0.2, 0) is 31.6 Å². The molecule has 0 unspecified atom stereocenters. The van der Waals surface area contributed by atoms with Gasteiger partial charge in [0.15, 0.2) is 0 Å². The lowest BCUT2D eigenvalue weighted by Crippen LogP contribution is -2.12. The van der Waals surface area contributed by atoms with Gasteiger partial charge in [-0.1, -0.05) is 27.7 Å². The number of thiophene rings is 1. The fourth-order valence-electron chi connectivity index (χ4n) is 3.18. The van der Waals surface area contributed by atoms with Crippen LogP contribution in [0.5, 0.6) is 5.75 Å². The second kappa shape index (κ2) is 10.4. The Hall–Kier alpha value is -1.91. The zero-order valence-corrected chi connectivity index (χ0v) is 20.4. The second-order valence-electron chi connectivity index (χ2n) is 8.48. The van der Waals surface area contributed by atoms with Gasteiger partial charge in [0.25, 0.3) is 0 Å². The number of ether oxygens (including phenoxy) is 1. The number of nitrogens with zero attached hydrogens (tertiary/aromatic N) is 1. The van der Waals surface area contributed by atoms with Crippen molar-refractivity contribution in [2.45, 2.75) is 76.2 Å². The first-order chi connectivity index (χ1) is 14.7. The van der Waals surface area contributed by atoms with Crippen LogP contribution >= 0.6 is 11.3 Å². The number of hydrogen-bond acceptors (Lipinski definition) is 6. The molecule has 0 spiro atoms. The molecule has 10 heteroatoms. The van der Waals surface area contributed by atoms with E-state index in [0.29, 0.717) is 16.7 Å². The van der Waals surface area contributed by atoms with Crippen LogP contribution < -0.4 is 4.74 Å². The Morgan fingerprint density at radius 2 is 1.69 bits per heavy atom. The highest BCUT2D eigenvalue weighted by atomic mass is 32.2. The molecule has 0 aliphatic heterocycles. The molecule has 1 heterocycles. The molecular formula is C22H27F3NO4S2-. The molecule has 178 valence electrons. The third-order valence-electron chi connectivity index (χ3n) is 4.69. The smallest absolute Gasteiger partial charge is 0.387 e. The maximum absolute atomic E-state index is 14.2. The third-order valence-corrected chi connectivity index (χ3v) is 7.47. The van der Waals surface area contributed by atoms with Crippen molar-refractivity contribution in [3.63, 3.8) is 0 Å². The van der Waals surface area contributed by atoms with Crippen LogP contribution in [0.15, 0.2) is 26.8 Å². The Balaban J connectivity index is 2.44. The molecule has 0 aliphatic rings. The topological polar surface area (TPSA) is 76.0 Å². The van der Waals surface area contributed by atoms with Gasteiger partial charge in [-0.05, 0) is 64.8 Å². The van der Waals surface area contributed by atoms with E-state index < -0.39 is 34.5 Å². The molecule has 0 aliphatic carbocycles. The average molecular weight is 491 g/mol. The number of alkyl halides is 2. The minimum atomic E-state index is -2.98. The largest absolute Gasteiger partial charge is 0.439 e. The Bertz CT molecular complexity index is 1040. The molecule has 1 aromatic heterocycles. The summed E-state index contributed by atoms with van der Waals surface area (Å²) in [6.07, 6.45) is -0.215. The van der Waals surface area contributed by atoms with Crippen LogP contribution in [0.25, 0.3) is 0 Å². The number of rotatable bonds is 8. The van der Waals surface area contributed by atoms with Crippen molar-refractivity contribution >= 4 is 27.8 Å². The molecule has 0 fully saturated rings. The monoisotopic (exact) mass is 490 g/mol. The molecule has 2 aromatic rings. The van der Waals surface area contributed by atoms with Gasteiger partial charge >= 0.3 is 6.61 Å². The summed E-state index contributed by atoms with van der Waals surface area (Å²) in [5.74, 6) is -1.74. The van der Waals surface area contributed by atoms with Gasteiger partial charge in [0.1, 0.15) is 11.6 Å². The van der Waals surface area contributed by atoms with E-state index in [1.54, 1.807) is 0 Å². The van der Waals surface area contributed by atoms with Crippen LogP contribution in [0.1, 0.15) is 74.9 Å². The molecule has 1 amide bonds. The van der Waals surface area contributed by atoms with Crippen molar-refractivity contribution in [1.82, 2.24) is 0 Å². The highest BCUT2D eigenvalue weighted by molar-refractivity contribution is 7.78. The van der Waals surface area contributed by atoms with Crippen LogP contribution in [0.3, 0.4) is 0 Å². The van der Waals surface area contributed by atoms with Crippen molar-refractivity contribution in [1.29, 1.82) is 0 Å². The van der Waals surface area contributed by atoms with E-state index in [4.69, 9.17) is 0 Å². The Morgan fingerprint density at radius 3 is 2.09 bits per heavy atom. The van der Waals surface area contributed by atoms with Crippen LogP contribution in [0, 0.1) is 5.82 Å². The number of carbonyl (C=O) groups is 1. The maximum Gasteiger partial charge on any atom is 0.387 e. The molecule has 0 atom stereocenters. The van der Waals surface area contributed by atoms with Crippen molar-refractivity contribution in [3.8, 4) is 5.75 Å². The molecule has 1 aromatic carbocycles. The molecular weight excluding hydrogens is 463 g/mol. The third kappa shape index (κ3) is 6.55. The second-order valence-corrected chi connectivity index (χ2v) is 10.9.